The molecule has 4 aliphatic rings. The molecule has 0 spiro atoms. The van der Waals surface area contributed by atoms with Crippen LogP contribution in [-0.4, -0.2) is 90.1 Å². The van der Waals surface area contributed by atoms with E-state index in [9.17, 15) is 22.8 Å². The average Bonchev–Trinajstić information content (AvgIpc) is 3.95. The Balaban J connectivity index is 1.31. The fourth-order valence-electron chi connectivity index (χ4n) is 7.23. The number of anilines is 1. The molecule has 3 amide bonds. The van der Waals surface area contributed by atoms with Crippen LogP contribution in [0.15, 0.2) is 36.5 Å². The molecule has 0 unspecified atom stereocenters. The SMILES string of the molecule is COc1cnc(O[C@@H]2C[C@H]3C(=O)N[C@]4(C(=O)NS(=O)(=O)C5(C)CC5)C[C@H]4/C=C\CC[C@@H](C)C[C@@H](C)[C@H](I)C(=O)N3C2)c2ccc(N(C)C)cc12. The third-order valence-electron chi connectivity index (χ3n) is 11.0. The van der Waals surface area contributed by atoms with E-state index in [1.54, 1.807) is 25.1 Å². The number of sulfonamides is 1. The molecule has 14 heteroatoms. The molecule has 2 saturated carbocycles. The fraction of sp³-hybridized carbons (Fsp3) is 0.611. The number of ether oxygens (including phenoxy) is 2. The summed E-state index contributed by atoms with van der Waals surface area (Å²) in [6, 6.07) is 4.95. The second-order valence-electron chi connectivity index (χ2n) is 15.1. The van der Waals surface area contributed by atoms with Gasteiger partial charge in [-0.25, -0.2) is 13.4 Å². The third-order valence-corrected chi connectivity index (χ3v) is 14.9. The number of aromatic nitrogens is 1. The summed E-state index contributed by atoms with van der Waals surface area (Å²) in [5, 5.41) is 4.50. The predicted molar refractivity (Wildman–Crippen MR) is 200 cm³/mol. The van der Waals surface area contributed by atoms with Crippen molar-refractivity contribution in [2.45, 2.75) is 92.1 Å². The standard InChI is InChI=1S/C36H48IN5O7S/c1-21-9-7-8-10-23-18-36(23,34(45)40-50(46,47)35(3)13-14-35)39-31(43)28-17-25(20-42(28)33(44)30(37)22(2)15-21)49-32-26-12-11-24(41(4)5)16-27(26)29(48-6)19-38-32/h8,10-12,16,19,21-23,25,28,30H,7,9,13-15,17-18,20H2,1-6H3,(H,39,43)(H,40,45)/b10-8-/t21-,22-,23-,25-,28+,30+,36-/m1/s1. The van der Waals surface area contributed by atoms with E-state index in [4.69, 9.17) is 9.47 Å². The van der Waals surface area contributed by atoms with E-state index < -0.39 is 44.3 Å². The Kier molecular flexibility index (Phi) is 10.1. The summed E-state index contributed by atoms with van der Waals surface area (Å²) in [5.41, 5.74) is -0.455. The van der Waals surface area contributed by atoms with Gasteiger partial charge in [-0.1, -0.05) is 48.6 Å². The average molecular weight is 822 g/mol. The van der Waals surface area contributed by atoms with E-state index in [0.29, 0.717) is 30.4 Å². The third kappa shape index (κ3) is 7.02. The van der Waals surface area contributed by atoms with Crippen LogP contribution in [0.2, 0.25) is 0 Å². The van der Waals surface area contributed by atoms with Crippen LogP contribution in [0.3, 0.4) is 0 Å². The zero-order valence-corrected chi connectivity index (χ0v) is 32.5. The van der Waals surface area contributed by atoms with Crippen LogP contribution >= 0.6 is 22.6 Å². The van der Waals surface area contributed by atoms with Crippen molar-refractivity contribution in [3.63, 3.8) is 0 Å². The van der Waals surface area contributed by atoms with Crippen molar-refractivity contribution in [2.75, 3.05) is 32.6 Å². The first-order valence-corrected chi connectivity index (χ1v) is 20.1. The number of fused-ring (bicyclic) bond motifs is 3. The van der Waals surface area contributed by atoms with Gasteiger partial charge in [-0.15, -0.1) is 0 Å². The van der Waals surface area contributed by atoms with Crippen molar-refractivity contribution in [3.05, 3.63) is 36.5 Å². The molecule has 12 nitrogen and oxygen atoms in total. The highest BCUT2D eigenvalue weighted by atomic mass is 127. The topological polar surface area (TPSA) is 147 Å². The highest BCUT2D eigenvalue weighted by molar-refractivity contribution is 14.1. The smallest absolute Gasteiger partial charge is 0.259 e. The number of benzene rings is 1. The summed E-state index contributed by atoms with van der Waals surface area (Å²) in [6.45, 7) is 6.02. The van der Waals surface area contributed by atoms with Crippen LogP contribution in [-0.2, 0) is 24.4 Å². The first kappa shape index (κ1) is 36.6. The normalized spacial score (nSPS) is 31.7. The second kappa shape index (κ2) is 13.8. The van der Waals surface area contributed by atoms with Crippen LogP contribution in [0.25, 0.3) is 10.8 Å². The summed E-state index contributed by atoms with van der Waals surface area (Å²) < 4.78 is 39.2. The lowest BCUT2D eigenvalue weighted by Gasteiger charge is -2.30. The van der Waals surface area contributed by atoms with Crippen LogP contribution in [0.4, 0.5) is 5.69 Å². The maximum absolute atomic E-state index is 14.3. The number of nitrogens with zero attached hydrogens (tertiary/aromatic N) is 3. The number of allylic oxidation sites excluding steroid dienone is 1. The summed E-state index contributed by atoms with van der Waals surface area (Å²) in [4.78, 5) is 50.4. The molecule has 0 bridgehead atoms. The van der Waals surface area contributed by atoms with Gasteiger partial charge in [-0.05, 0) is 75.5 Å². The Morgan fingerprint density at radius 3 is 2.58 bits per heavy atom. The monoisotopic (exact) mass is 821 g/mol. The van der Waals surface area contributed by atoms with Gasteiger partial charge in [0.25, 0.3) is 5.91 Å². The van der Waals surface area contributed by atoms with Crippen LogP contribution in [0.5, 0.6) is 11.6 Å². The van der Waals surface area contributed by atoms with E-state index in [1.807, 2.05) is 49.3 Å². The van der Waals surface area contributed by atoms with Gasteiger partial charge in [0.2, 0.25) is 27.7 Å². The van der Waals surface area contributed by atoms with Crippen LogP contribution < -0.4 is 24.4 Å². The Hall–Kier alpha value is -3.14. The van der Waals surface area contributed by atoms with Crippen molar-refractivity contribution in [3.8, 4) is 11.6 Å². The van der Waals surface area contributed by atoms with Gasteiger partial charge in [0, 0.05) is 42.9 Å². The number of rotatable bonds is 7. The highest BCUT2D eigenvalue weighted by Crippen LogP contribution is 2.48. The number of carbonyl (C=O) groups is 3. The first-order valence-electron chi connectivity index (χ1n) is 17.4. The molecule has 6 rings (SSSR count). The highest BCUT2D eigenvalue weighted by Gasteiger charge is 2.63. The Morgan fingerprint density at radius 1 is 1.16 bits per heavy atom. The lowest BCUT2D eigenvalue weighted by atomic mass is 9.91. The largest absolute Gasteiger partial charge is 0.494 e. The van der Waals surface area contributed by atoms with E-state index in [1.165, 1.54) is 0 Å². The fourth-order valence-corrected chi connectivity index (χ4v) is 9.19. The van der Waals surface area contributed by atoms with E-state index in [-0.39, 0.29) is 41.1 Å². The molecular weight excluding hydrogens is 773 g/mol. The molecule has 7 atom stereocenters. The summed E-state index contributed by atoms with van der Waals surface area (Å²) in [7, 11) is 1.56. The van der Waals surface area contributed by atoms with E-state index in [0.717, 1.165) is 35.7 Å². The Bertz CT molecular complexity index is 1810. The molecule has 2 N–H and O–H groups in total. The number of amides is 3. The van der Waals surface area contributed by atoms with Crippen molar-refractivity contribution in [1.82, 2.24) is 19.9 Å². The second-order valence-corrected chi connectivity index (χ2v) is 18.7. The van der Waals surface area contributed by atoms with Crippen molar-refractivity contribution < 1.29 is 32.3 Å². The number of nitrogens with one attached hydrogen (secondary N) is 2. The van der Waals surface area contributed by atoms with E-state index >= 15 is 0 Å². The van der Waals surface area contributed by atoms with Gasteiger partial charge in [-0.3, -0.25) is 19.1 Å². The van der Waals surface area contributed by atoms with Crippen molar-refractivity contribution in [2.24, 2.45) is 17.8 Å². The molecule has 1 aromatic carbocycles. The molecular formula is C36H48IN5O7S. The molecule has 50 heavy (non-hydrogen) atoms. The number of alkyl halides is 1. The zero-order chi connectivity index (χ0) is 36.2. The van der Waals surface area contributed by atoms with Gasteiger partial charge < -0.3 is 24.6 Å². The van der Waals surface area contributed by atoms with Gasteiger partial charge in [0.05, 0.1) is 28.5 Å². The molecule has 3 fully saturated rings. The molecule has 2 aliphatic carbocycles. The number of hydrogen-bond donors (Lipinski definition) is 2. The van der Waals surface area contributed by atoms with Gasteiger partial charge in [0.15, 0.2) is 0 Å². The lowest BCUT2D eigenvalue weighted by molar-refractivity contribution is -0.139. The van der Waals surface area contributed by atoms with Crippen molar-refractivity contribution in [1.29, 1.82) is 0 Å². The van der Waals surface area contributed by atoms with Crippen LogP contribution in [0, 0.1) is 17.8 Å². The number of pyridine rings is 1. The molecule has 1 aromatic heterocycles. The number of hydrogen-bond acceptors (Lipinski definition) is 9. The summed E-state index contributed by atoms with van der Waals surface area (Å²) in [5.74, 6) is -0.401. The molecule has 3 heterocycles. The molecule has 2 aliphatic heterocycles. The maximum atomic E-state index is 14.3. The first-order chi connectivity index (χ1) is 23.6. The predicted octanol–water partition coefficient (Wildman–Crippen LogP) is 4.35. The van der Waals surface area contributed by atoms with Gasteiger partial charge in [0.1, 0.15) is 23.4 Å². The maximum Gasteiger partial charge on any atom is 0.259 e. The minimum absolute atomic E-state index is 0.0634. The molecule has 1 saturated heterocycles. The number of halogens is 1. The lowest BCUT2D eigenvalue weighted by Crippen LogP contribution is -2.57. The molecule has 2 aromatic rings. The Labute approximate surface area is 308 Å². The zero-order valence-electron chi connectivity index (χ0n) is 29.6. The minimum Gasteiger partial charge on any atom is -0.494 e. The minimum atomic E-state index is -3.93. The van der Waals surface area contributed by atoms with Crippen LogP contribution in [0.1, 0.15) is 65.7 Å². The Morgan fingerprint density at radius 2 is 1.90 bits per heavy atom. The number of methoxy groups -OCH3 is 1. The quantitative estimate of drug-likeness (QED) is 0.237. The van der Waals surface area contributed by atoms with Gasteiger partial charge >= 0.3 is 0 Å². The van der Waals surface area contributed by atoms with E-state index in [2.05, 4.69) is 51.5 Å². The van der Waals surface area contributed by atoms with Crippen molar-refractivity contribution >= 4 is 66.8 Å². The van der Waals surface area contributed by atoms with Gasteiger partial charge in [-0.2, -0.15) is 0 Å². The molecule has 272 valence electrons. The molecule has 0 radical (unpaired) electrons. The summed E-state index contributed by atoms with van der Waals surface area (Å²) in [6.07, 6.45) is 8.91. The number of carbonyl (C=O) groups excluding carboxylic acids is 3. The summed E-state index contributed by atoms with van der Waals surface area (Å²) >= 11 is 2.19.